The number of hydrogen-bond donors (Lipinski definition) is 1. The second kappa shape index (κ2) is 6.47. The van der Waals surface area contributed by atoms with Crippen LogP contribution in [0.1, 0.15) is 6.42 Å². The first-order valence-electron chi connectivity index (χ1n) is 6.15. The van der Waals surface area contributed by atoms with Gasteiger partial charge >= 0.3 is 0 Å². The highest BCUT2D eigenvalue weighted by Crippen LogP contribution is 2.09. The number of amides is 1. The van der Waals surface area contributed by atoms with Gasteiger partial charge in [0.15, 0.2) is 0 Å². The minimum Gasteiger partial charge on any atom is -0.340 e. The summed E-state index contributed by atoms with van der Waals surface area (Å²) in [4.78, 5) is 16.3. The minimum absolute atomic E-state index is 0.333. The maximum absolute atomic E-state index is 11.9. The van der Waals surface area contributed by atoms with Crippen molar-refractivity contribution in [3.8, 4) is 0 Å². The van der Waals surface area contributed by atoms with E-state index in [4.69, 9.17) is 0 Å². The van der Waals surface area contributed by atoms with Gasteiger partial charge in [0.25, 0.3) is 0 Å². The van der Waals surface area contributed by atoms with Crippen LogP contribution in [0.4, 0.5) is 0 Å². The third kappa shape index (κ3) is 3.64. The lowest BCUT2D eigenvalue weighted by atomic mass is 10.3. The van der Waals surface area contributed by atoms with E-state index in [2.05, 4.69) is 10.2 Å². The fourth-order valence-corrected chi connectivity index (χ4v) is 3.13. The molecule has 0 saturated carbocycles. The average Bonchev–Trinajstić information content (AvgIpc) is 2.38. The zero-order valence-corrected chi connectivity index (χ0v) is 10.6. The zero-order chi connectivity index (χ0) is 11.2. The van der Waals surface area contributed by atoms with E-state index in [1.54, 1.807) is 0 Å². The number of rotatable bonds is 3. The summed E-state index contributed by atoms with van der Waals surface area (Å²) in [5, 5.41) is 3.27. The maximum atomic E-state index is 11.9. The Morgan fingerprint density at radius 2 is 1.81 bits per heavy atom. The zero-order valence-electron chi connectivity index (χ0n) is 9.78. The van der Waals surface area contributed by atoms with Crippen LogP contribution in [0.15, 0.2) is 0 Å². The molecule has 92 valence electrons. The van der Waals surface area contributed by atoms with E-state index in [0.29, 0.717) is 12.3 Å². The van der Waals surface area contributed by atoms with Crippen LogP contribution in [0.2, 0.25) is 0 Å². The number of hydrogen-bond acceptors (Lipinski definition) is 4. The van der Waals surface area contributed by atoms with E-state index >= 15 is 0 Å². The smallest absolute Gasteiger partial charge is 0.223 e. The molecule has 0 atom stereocenters. The molecule has 0 unspecified atom stereocenters. The topological polar surface area (TPSA) is 35.6 Å². The van der Waals surface area contributed by atoms with Crippen molar-refractivity contribution >= 4 is 17.7 Å². The third-order valence-electron chi connectivity index (χ3n) is 3.22. The molecule has 1 N–H and O–H groups in total. The van der Waals surface area contributed by atoms with Crippen molar-refractivity contribution in [3.05, 3.63) is 0 Å². The van der Waals surface area contributed by atoms with Crippen LogP contribution in [-0.2, 0) is 4.79 Å². The van der Waals surface area contributed by atoms with E-state index in [1.165, 1.54) is 11.5 Å². The quantitative estimate of drug-likeness (QED) is 0.748. The summed E-state index contributed by atoms with van der Waals surface area (Å²) in [6.07, 6.45) is 0.699. The highest BCUT2D eigenvalue weighted by molar-refractivity contribution is 7.99. The number of piperazine rings is 1. The van der Waals surface area contributed by atoms with Gasteiger partial charge in [-0.05, 0) is 0 Å². The summed E-state index contributed by atoms with van der Waals surface area (Å²) in [5.74, 6) is 2.78. The van der Waals surface area contributed by atoms with Crippen molar-refractivity contribution in [2.45, 2.75) is 6.42 Å². The van der Waals surface area contributed by atoms with E-state index in [-0.39, 0.29) is 0 Å². The van der Waals surface area contributed by atoms with Gasteiger partial charge in [-0.2, -0.15) is 11.8 Å². The van der Waals surface area contributed by atoms with Gasteiger partial charge in [-0.15, -0.1) is 0 Å². The molecule has 0 spiro atoms. The molecule has 0 aromatic heterocycles. The van der Waals surface area contributed by atoms with E-state index in [0.717, 1.165) is 45.8 Å². The number of carbonyl (C=O) groups excluding carboxylic acids is 1. The summed E-state index contributed by atoms with van der Waals surface area (Å²) >= 11 is 2.02. The predicted molar refractivity (Wildman–Crippen MR) is 67.8 cm³/mol. The van der Waals surface area contributed by atoms with Gasteiger partial charge in [0.2, 0.25) is 5.91 Å². The molecular formula is C11H21N3OS. The Bertz CT molecular complexity index is 225. The lowest BCUT2D eigenvalue weighted by molar-refractivity contribution is -0.132. The highest BCUT2D eigenvalue weighted by atomic mass is 32.2. The molecule has 0 aromatic carbocycles. The molecule has 16 heavy (non-hydrogen) atoms. The lowest BCUT2D eigenvalue weighted by Crippen LogP contribution is -2.47. The maximum Gasteiger partial charge on any atom is 0.223 e. The highest BCUT2D eigenvalue weighted by Gasteiger charge is 2.17. The van der Waals surface area contributed by atoms with Crippen molar-refractivity contribution in [2.75, 3.05) is 57.3 Å². The lowest BCUT2D eigenvalue weighted by Gasteiger charge is -2.30. The SMILES string of the molecule is O=C(CCN1CCSCC1)N1CCNCC1. The largest absolute Gasteiger partial charge is 0.340 e. The van der Waals surface area contributed by atoms with Crippen molar-refractivity contribution < 1.29 is 4.79 Å². The number of nitrogens with one attached hydrogen (secondary N) is 1. The van der Waals surface area contributed by atoms with Crippen molar-refractivity contribution in [2.24, 2.45) is 0 Å². The molecule has 0 aromatic rings. The molecule has 4 nitrogen and oxygen atoms in total. The fraction of sp³-hybridized carbons (Fsp3) is 0.909. The van der Waals surface area contributed by atoms with Crippen LogP contribution < -0.4 is 5.32 Å². The van der Waals surface area contributed by atoms with Crippen LogP contribution in [0.3, 0.4) is 0 Å². The summed E-state index contributed by atoms with van der Waals surface area (Å²) in [7, 11) is 0. The molecule has 2 saturated heterocycles. The predicted octanol–water partition coefficient (Wildman–Crippen LogP) is -0.143. The van der Waals surface area contributed by atoms with E-state index < -0.39 is 0 Å². The van der Waals surface area contributed by atoms with Gasteiger partial charge in [0, 0.05) is 63.7 Å². The molecule has 1 amide bonds. The van der Waals surface area contributed by atoms with Gasteiger partial charge in [-0.25, -0.2) is 0 Å². The first-order chi connectivity index (χ1) is 7.86. The normalized spacial score (nSPS) is 23.4. The van der Waals surface area contributed by atoms with Crippen LogP contribution in [0, 0.1) is 0 Å². The van der Waals surface area contributed by atoms with Crippen molar-refractivity contribution in [1.29, 1.82) is 0 Å². The van der Waals surface area contributed by atoms with E-state index in [1.807, 2.05) is 16.7 Å². The second-order valence-corrected chi connectivity index (χ2v) is 5.56. The molecule has 2 aliphatic rings. The van der Waals surface area contributed by atoms with Crippen LogP contribution >= 0.6 is 11.8 Å². The summed E-state index contributed by atoms with van der Waals surface area (Å²) in [6.45, 7) is 6.92. The Morgan fingerprint density at radius 3 is 2.50 bits per heavy atom. The third-order valence-corrected chi connectivity index (χ3v) is 4.16. The summed E-state index contributed by atoms with van der Waals surface area (Å²) < 4.78 is 0. The molecule has 0 bridgehead atoms. The number of thioether (sulfide) groups is 1. The van der Waals surface area contributed by atoms with Crippen molar-refractivity contribution in [3.63, 3.8) is 0 Å². The first-order valence-corrected chi connectivity index (χ1v) is 7.30. The van der Waals surface area contributed by atoms with Gasteiger partial charge in [0.05, 0.1) is 0 Å². The number of nitrogens with zero attached hydrogens (tertiary/aromatic N) is 2. The average molecular weight is 243 g/mol. The molecular weight excluding hydrogens is 222 g/mol. The van der Waals surface area contributed by atoms with E-state index in [9.17, 15) is 4.79 Å². The molecule has 0 radical (unpaired) electrons. The Kier molecular flexibility index (Phi) is 4.93. The van der Waals surface area contributed by atoms with Crippen LogP contribution in [-0.4, -0.2) is 73.0 Å². The van der Waals surface area contributed by atoms with Gasteiger partial charge in [0.1, 0.15) is 0 Å². The second-order valence-electron chi connectivity index (χ2n) is 4.33. The van der Waals surface area contributed by atoms with Gasteiger partial charge in [-0.1, -0.05) is 0 Å². The first kappa shape index (κ1) is 12.2. The number of carbonyl (C=O) groups is 1. The Morgan fingerprint density at radius 1 is 1.12 bits per heavy atom. The summed E-state index contributed by atoms with van der Waals surface area (Å²) in [6, 6.07) is 0. The molecule has 2 aliphatic heterocycles. The van der Waals surface area contributed by atoms with Gasteiger partial charge < -0.3 is 15.1 Å². The van der Waals surface area contributed by atoms with Crippen molar-refractivity contribution in [1.82, 2.24) is 15.1 Å². The Labute approximate surface area is 102 Å². The van der Waals surface area contributed by atoms with Crippen LogP contribution in [0.5, 0.6) is 0 Å². The fourth-order valence-electron chi connectivity index (χ4n) is 2.15. The molecule has 2 fully saturated rings. The molecule has 0 aliphatic carbocycles. The standard InChI is InChI=1S/C11H21N3OS/c15-11(14-5-2-12-3-6-14)1-4-13-7-9-16-10-8-13/h12H,1-10H2. The van der Waals surface area contributed by atoms with Crippen LogP contribution in [0.25, 0.3) is 0 Å². The minimum atomic E-state index is 0.333. The van der Waals surface area contributed by atoms with Gasteiger partial charge in [-0.3, -0.25) is 4.79 Å². The monoisotopic (exact) mass is 243 g/mol. The molecule has 2 heterocycles. The Hall–Kier alpha value is -0.260. The Balaban J connectivity index is 1.65. The summed E-state index contributed by atoms with van der Waals surface area (Å²) in [5.41, 5.74) is 0. The molecule has 2 rings (SSSR count). The molecule has 5 heteroatoms.